The maximum absolute atomic E-state index is 12.8. The van der Waals surface area contributed by atoms with Crippen molar-refractivity contribution in [2.75, 3.05) is 40.3 Å². The molecule has 43 heavy (non-hydrogen) atoms. The van der Waals surface area contributed by atoms with Gasteiger partial charge in [-0.1, -0.05) is 18.7 Å². The highest BCUT2D eigenvalue weighted by atomic mass is 17.2. The average molecular weight is 593 g/mol. The van der Waals surface area contributed by atoms with Crippen molar-refractivity contribution in [3.8, 4) is 17.2 Å². The molecule has 3 aromatic carbocycles. The fourth-order valence-corrected chi connectivity index (χ4v) is 3.55. The van der Waals surface area contributed by atoms with Gasteiger partial charge < -0.3 is 33.3 Å². The van der Waals surface area contributed by atoms with Crippen LogP contribution in [-0.2, 0) is 24.0 Å². The summed E-state index contributed by atoms with van der Waals surface area (Å²) < 4.78 is 32.2. The number of carbonyl (C=O) groups excluding carboxylic acids is 2. The fourth-order valence-electron chi connectivity index (χ4n) is 3.55. The summed E-state index contributed by atoms with van der Waals surface area (Å²) in [5, 5.41) is 0. The Labute approximate surface area is 251 Å². The van der Waals surface area contributed by atoms with Gasteiger partial charge in [0, 0.05) is 19.1 Å². The number of methoxy groups -OCH3 is 1. The summed E-state index contributed by atoms with van der Waals surface area (Å²) in [6.07, 6.45) is 3.82. The van der Waals surface area contributed by atoms with Gasteiger partial charge >= 0.3 is 11.9 Å². The number of esters is 2. The third-order valence-electron chi connectivity index (χ3n) is 5.71. The van der Waals surface area contributed by atoms with Crippen molar-refractivity contribution >= 4 is 17.7 Å². The molecule has 0 radical (unpaired) electrons. The van der Waals surface area contributed by atoms with Crippen LogP contribution in [0.4, 0.5) is 0 Å². The fraction of sp³-hybridized carbons (Fsp3) is 0.273. The number of hydrogen-bond acceptors (Lipinski definition) is 10. The second-order valence-corrected chi connectivity index (χ2v) is 8.98. The Kier molecular flexibility index (Phi) is 13.8. The van der Waals surface area contributed by atoms with Gasteiger partial charge in [-0.05, 0) is 80.1 Å². The first-order chi connectivity index (χ1) is 20.9. The zero-order valence-electron chi connectivity index (χ0n) is 24.5. The smallest absolute Gasteiger partial charge is 0.343 e. The van der Waals surface area contributed by atoms with Gasteiger partial charge in [0.1, 0.15) is 42.7 Å². The molecule has 0 spiro atoms. The molecule has 3 aromatic rings. The van der Waals surface area contributed by atoms with E-state index in [-0.39, 0.29) is 6.79 Å². The summed E-state index contributed by atoms with van der Waals surface area (Å²) in [4.78, 5) is 35.2. The Bertz CT molecular complexity index is 1350. The van der Waals surface area contributed by atoms with E-state index >= 15 is 0 Å². The SMILES string of the molecule is C=C(OCCOCOC)c1ccc(C(=O)Oc2ccc(C(=O)Oc3ccc(OCCCOO/C=C\C)cc3)c(C)c2)cc1. The van der Waals surface area contributed by atoms with Crippen LogP contribution in [0, 0.1) is 6.92 Å². The van der Waals surface area contributed by atoms with Crippen molar-refractivity contribution in [2.24, 2.45) is 0 Å². The van der Waals surface area contributed by atoms with Gasteiger partial charge in [0.15, 0.2) is 0 Å². The Morgan fingerprint density at radius 2 is 1.47 bits per heavy atom. The number of aryl methyl sites for hydroxylation is 1. The van der Waals surface area contributed by atoms with Crippen LogP contribution in [0.3, 0.4) is 0 Å². The molecule has 0 amide bonds. The molecule has 0 aromatic heterocycles. The molecule has 0 unspecified atom stereocenters. The first-order valence-corrected chi connectivity index (χ1v) is 13.6. The van der Waals surface area contributed by atoms with Crippen molar-refractivity contribution in [2.45, 2.75) is 20.3 Å². The van der Waals surface area contributed by atoms with E-state index in [1.807, 2.05) is 6.92 Å². The first-order valence-electron chi connectivity index (χ1n) is 13.6. The molecule has 10 nitrogen and oxygen atoms in total. The standard InChI is InChI=1S/C33H36O10/c1-5-17-40-41-19-6-18-39-28-11-13-29(14-12-28)42-33(35)31-16-15-30(22-24(31)2)43-32(34)27-9-7-26(8-10-27)25(3)38-21-20-37-23-36-4/h5,7-17,22H,3,6,18-21,23H2,1-2,4H3/b17-5-. The highest BCUT2D eigenvalue weighted by Gasteiger charge is 2.15. The van der Waals surface area contributed by atoms with E-state index in [0.29, 0.717) is 72.5 Å². The minimum Gasteiger partial charge on any atom is -0.494 e. The van der Waals surface area contributed by atoms with E-state index < -0.39 is 11.9 Å². The maximum atomic E-state index is 12.8. The van der Waals surface area contributed by atoms with Gasteiger partial charge in [-0.15, -0.1) is 0 Å². The van der Waals surface area contributed by atoms with Crippen LogP contribution >= 0.6 is 0 Å². The minimum absolute atomic E-state index is 0.191. The summed E-state index contributed by atoms with van der Waals surface area (Å²) in [7, 11) is 1.54. The zero-order chi connectivity index (χ0) is 30.9. The number of hydrogen-bond donors (Lipinski definition) is 0. The van der Waals surface area contributed by atoms with Crippen LogP contribution in [0.15, 0.2) is 85.6 Å². The van der Waals surface area contributed by atoms with Crippen LogP contribution in [0.1, 0.15) is 45.2 Å². The number of benzene rings is 3. The highest BCUT2D eigenvalue weighted by molar-refractivity contribution is 5.94. The molecule has 228 valence electrons. The van der Waals surface area contributed by atoms with Crippen LogP contribution in [-0.4, -0.2) is 52.3 Å². The van der Waals surface area contributed by atoms with Gasteiger partial charge in [0.2, 0.25) is 0 Å². The predicted molar refractivity (Wildman–Crippen MR) is 159 cm³/mol. The summed E-state index contributed by atoms with van der Waals surface area (Å²) in [5.74, 6) is 0.673. The molecule has 0 atom stereocenters. The molecule has 0 N–H and O–H groups in total. The van der Waals surface area contributed by atoms with Crippen molar-refractivity contribution in [3.05, 3.63) is 108 Å². The van der Waals surface area contributed by atoms with E-state index in [4.69, 9.17) is 38.2 Å². The lowest BCUT2D eigenvalue weighted by atomic mass is 10.1. The topological polar surface area (TPSA) is 108 Å². The molecule has 0 saturated carbocycles. The van der Waals surface area contributed by atoms with Crippen LogP contribution < -0.4 is 14.2 Å². The summed E-state index contributed by atoms with van der Waals surface area (Å²) in [5.41, 5.74) is 2.01. The Hall–Kier alpha value is -4.64. The molecule has 0 aliphatic heterocycles. The number of rotatable bonds is 18. The lowest BCUT2D eigenvalue weighted by Crippen LogP contribution is -2.12. The molecular formula is C33H36O10. The van der Waals surface area contributed by atoms with E-state index in [1.165, 1.54) is 6.26 Å². The number of ether oxygens (including phenoxy) is 6. The first kappa shape index (κ1) is 32.9. The summed E-state index contributed by atoms with van der Waals surface area (Å²) >= 11 is 0. The zero-order valence-corrected chi connectivity index (χ0v) is 24.5. The van der Waals surface area contributed by atoms with Crippen LogP contribution in [0.5, 0.6) is 17.2 Å². The Morgan fingerprint density at radius 3 is 2.16 bits per heavy atom. The van der Waals surface area contributed by atoms with E-state index in [9.17, 15) is 9.59 Å². The van der Waals surface area contributed by atoms with E-state index in [0.717, 1.165) is 5.56 Å². The lowest BCUT2D eigenvalue weighted by Gasteiger charge is -2.11. The Balaban J connectivity index is 1.47. The van der Waals surface area contributed by atoms with Gasteiger partial charge in [0.05, 0.1) is 30.9 Å². The van der Waals surface area contributed by atoms with Crippen molar-refractivity contribution in [3.63, 3.8) is 0 Å². The molecular weight excluding hydrogens is 556 g/mol. The van der Waals surface area contributed by atoms with Crippen LogP contribution in [0.2, 0.25) is 0 Å². The van der Waals surface area contributed by atoms with Gasteiger partial charge in [-0.3, -0.25) is 0 Å². The highest BCUT2D eigenvalue weighted by Crippen LogP contribution is 2.23. The lowest BCUT2D eigenvalue weighted by molar-refractivity contribution is -0.249. The normalized spacial score (nSPS) is 10.8. The minimum atomic E-state index is -0.544. The maximum Gasteiger partial charge on any atom is 0.343 e. The largest absolute Gasteiger partial charge is 0.494 e. The summed E-state index contributed by atoms with van der Waals surface area (Å²) in [6, 6.07) is 18.1. The molecule has 0 heterocycles. The summed E-state index contributed by atoms with van der Waals surface area (Å²) in [6.45, 7) is 9.16. The third-order valence-corrected chi connectivity index (χ3v) is 5.71. The van der Waals surface area contributed by atoms with Crippen molar-refractivity contribution in [1.82, 2.24) is 0 Å². The second kappa shape index (κ2) is 18.0. The monoisotopic (exact) mass is 592 g/mol. The van der Waals surface area contributed by atoms with Crippen molar-refractivity contribution < 1.29 is 47.8 Å². The second-order valence-electron chi connectivity index (χ2n) is 8.98. The van der Waals surface area contributed by atoms with Gasteiger partial charge in [-0.25, -0.2) is 9.59 Å². The number of carbonyl (C=O) groups is 2. The number of allylic oxidation sites excluding steroid dienone is 1. The molecule has 3 rings (SSSR count). The molecule has 0 bridgehead atoms. The molecule has 10 heteroatoms. The Morgan fingerprint density at radius 1 is 0.791 bits per heavy atom. The molecule has 0 aliphatic carbocycles. The van der Waals surface area contributed by atoms with E-state index in [2.05, 4.69) is 6.58 Å². The third kappa shape index (κ3) is 11.3. The average Bonchev–Trinajstić information content (AvgIpc) is 3.01. The molecule has 0 saturated heterocycles. The molecule has 0 aliphatic rings. The van der Waals surface area contributed by atoms with Crippen molar-refractivity contribution in [1.29, 1.82) is 0 Å². The predicted octanol–water partition coefficient (Wildman–Crippen LogP) is 6.29. The van der Waals surface area contributed by atoms with Crippen LogP contribution in [0.25, 0.3) is 5.76 Å². The van der Waals surface area contributed by atoms with Gasteiger partial charge in [0.25, 0.3) is 0 Å². The van der Waals surface area contributed by atoms with Gasteiger partial charge in [-0.2, -0.15) is 4.89 Å². The molecule has 0 fully saturated rings. The van der Waals surface area contributed by atoms with E-state index in [1.54, 1.807) is 86.8 Å². The quantitative estimate of drug-likeness (QED) is 0.0318.